The molecule has 1 amide bonds. The molecule has 1 aromatic rings. The number of amides is 1. The Morgan fingerprint density at radius 1 is 1.47 bits per heavy atom. The fourth-order valence-electron chi connectivity index (χ4n) is 1.38. The minimum absolute atomic E-state index is 0.0203. The number of aliphatic carboxylic acids is 1. The number of para-hydroxylation sites is 1. The fourth-order valence-corrected chi connectivity index (χ4v) is 1.38. The lowest BCUT2D eigenvalue weighted by atomic mass is 10.1. The molecule has 0 unspecified atom stereocenters. The topological polar surface area (TPSA) is 83.6 Å². The number of halogens is 1. The highest BCUT2D eigenvalue weighted by atomic mass is 19.1. The third kappa shape index (κ3) is 2.93. The number of carbonyl (C=O) groups is 2. The van der Waals surface area contributed by atoms with Crippen LogP contribution in [0.4, 0.5) is 10.1 Å². The fraction of sp³-hybridized carbons (Fsp3) is 0.273. The average molecular weight is 240 g/mol. The van der Waals surface area contributed by atoms with Crippen molar-refractivity contribution in [3.8, 4) is 0 Å². The maximum Gasteiger partial charge on any atom is 0.323 e. The summed E-state index contributed by atoms with van der Waals surface area (Å²) in [5.41, 5.74) is 5.15. The van der Waals surface area contributed by atoms with Gasteiger partial charge in [-0.2, -0.15) is 0 Å². The Hall–Kier alpha value is -2.11. The van der Waals surface area contributed by atoms with Crippen molar-refractivity contribution in [2.45, 2.75) is 6.92 Å². The van der Waals surface area contributed by atoms with Crippen molar-refractivity contribution in [3.05, 3.63) is 29.6 Å². The zero-order chi connectivity index (χ0) is 13.0. The van der Waals surface area contributed by atoms with Crippen LogP contribution in [0.25, 0.3) is 0 Å². The van der Waals surface area contributed by atoms with Crippen LogP contribution in [0.1, 0.15) is 17.3 Å². The van der Waals surface area contributed by atoms with Crippen molar-refractivity contribution in [1.29, 1.82) is 0 Å². The van der Waals surface area contributed by atoms with Crippen LogP contribution < -0.4 is 5.73 Å². The SMILES string of the molecule is CCN(CC(=O)O)C(=O)c1cccc(F)c1N. The number of likely N-dealkylation sites (N-methyl/N-ethyl adjacent to an activating group) is 1. The van der Waals surface area contributed by atoms with Gasteiger partial charge in [-0.05, 0) is 19.1 Å². The monoisotopic (exact) mass is 240 g/mol. The molecule has 0 spiro atoms. The number of anilines is 1. The van der Waals surface area contributed by atoms with Gasteiger partial charge in [0.15, 0.2) is 0 Å². The summed E-state index contributed by atoms with van der Waals surface area (Å²) in [5, 5.41) is 8.64. The normalized spacial score (nSPS) is 10.0. The van der Waals surface area contributed by atoms with Crippen LogP contribution in [-0.4, -0.2) is 35.0 Å². The van der Waals surface area contributed by atoms with E-state index in [1.807, 2.05) is 0 Å². The van der Waals surface area contributed by atoms with E-state index in [2.05, 4.69) is 0 Å². The van der Waals surface area contributed by atoms with Crippen molar-refractivity contribution in [2.24, 2.45) is 0 Å². The van der Waals surface area contributed by atoms with E-state index in [-0.39, 0.29) is 17.8 Å². The van der Waals surface area contributed by atoms with Crippen LogP contribution in [-0.2, 0) is 4.79 Å². The van der Waals surface area contributed by atoms with E-state index in [1.54, 1.807) is 6.92 Å². The number of rotatable bonds is 4. The Balaban J connectivity index is 3.02. The molecule has 3 N–H and O–H groups in total. The van der Waals surface area contributed by atoms with Crippen LogP contribution in [0.15, 0.2) is 18.2 Å². The highest BCUT2D eigenvalue weighted by Gasteiger charge is 2.20. The quantitative estimate of drug-likeness (QED) is 0.767. The van der Waals surface area contributed by atoms with Gasteiger partial charge in [0.2, 0.25) is 0 Å². The van der Waals surface area contributed by atoms with E-state index in [1.165, 1.54) is 12.1 Å². The molecule has 0 radical (unpaired) electrons. The molecule has 0 saturated heterocycles. The second-order valence-electron chi connectivity index (χ2n) is 3.41. The van der Waals surface area contributed by atoms with Crippen molar-refractivity contribution in [1.82, 2.24) is 4.90 Å². The molecule has 0 saturated carbocycles. The number of nitrogens with zero attached hydrogens (tertiary/aromatic N) is 1. The molecule has 0 atom stereocenters. The van der Waals surface area contributed by atoms with E-state index in [4.69, 9.17) is 10.8 Å². The molecule has 0 aliphatic rings. The zero-order valence-electron chi connectivity index (χ0n) is 9.31. The van der Waals surface area contributed by atoms with Gasteiger partial charge in [-0.25, -0.2) is 4.39 Å². The molecule has 6 heteroatoms. The summed E-state index contributed by atoms with van der Waals surface area (Å²) in [7, 11) is 0. The smallest absolute Gasteiger partial charge is 0.323 e. The van der Waals surface area contributed by atoms with Gasteiger partial charge in [-0.15, -0.1) is 0 Å². The number of carbonyl (C=O) groups excluding carboxylic acids is 1. The molecule has 17 heavy (non-hydrogen) atoms. The first-order valence-corrected chi connectivity index (χ1v) is 5.02. The summed E-state index contributed by atoms with van der Waals surface area (Å²) >= 11 is 0. The molecule has 0 aliphatic carbocycles. The second-order valence-corrected chi connectivity index (χ2v) is 3.41. The van der Waals surface area contributed by atoms with E-state index in [0.717, 1.165) is 11.0 Å². The lowest BCUT2D eigenvalue weighted by Crippen LogP contribution is -2.35. The molecule has 0 fully saturated rings. The standard InChI is InChI=1S/C11H13FN2O3/c1-2-14(6-9(15)16)11(17)7-4-3-5-8(12)10(7)13/h3-5H,2,6,13H2,1H3,(H,15,16). The predicted octanol–water partition coefficient (Wildman–Crippen LogP) is 0.955. The third-order valence-electron chi connectivity index (χ3n) is 2.28. The molecule has 1 aromatic carbocycles. The van der Waals surface area contributed by atoms with Crippen LogP contribution in [0, 0.1) is 5.82 Å². The van der Waals surface area contributed by atoms with Crippen LogP contribution in [0.2, 0.25) is 0 Å². The molecule has 0 aliphatic heterocycles. The maximum absolute atomic E-state index is 13.2. The molecule has 0 aromatic heterocycles. The Morgan fingerprint density at radius 3 is 2.65 bits per heavy atom. The minimum atomic E-state index is -1.13. The van der Waals surface area contributed by atoms with Gasteiger partial charge in [0, 0.05) is 6.54 Å². The predicted molar refractivity (Wildman–Crippen MR) is 60.0 cm³/mol. The summed E-state index contributed by atoms with van der Waals surface area (Å²) in [6, 6.07) is 3.86. The Bertz CT molecular complexity index is 448. The van der Waals surface area contributed by atoms with Gasteiger partial charge in [-0.1, -0.05) is 6.07 Å². The van der Waals surface area contributed by atoms with Gasteiger partial charge in [0.1, 0.15) is 12.4 Å². The third-order valence-corrected chi connectivity index (χ3v) is 2.28. The number of nitrogens with two attached hydrogens (primary N) is 1. The Labute approximate surface area is 97.6 Å². The summed E-state index contributed by atoms with van der Waals surface area (Å²) in [6.07, 6.45) is 0. The molecule has 0 heterocycles. The largest absolute Gasteiger partial charge is 0.480 e. The van der Waals surface area contributed by atoms with Crippen molar-refractivity contribution in [2.75, 3.05) is 18.8 Å². The summed E-state index contributed by atoms with van der Waals surface area (Å²) in [5.74, 6) is -2.41. The second kappa shape index (κ2) is 5.29. The molecular weight excluding hydrogens is 227 g/mol. The number of carboxylic acid groups (broad SMARTS) is 1. The van der Waals surface area contributed by atoms with Crippen LogP contribution in [0.3, 0.4) is 0 Å². The Morgan fingerprint density at radius 2 is 2.12 bits per heavy atom. The van der Waals surface area contributed by atoms with E-state index in [9.17, 15) is 14.0 Å². The highest BCUT2D eigenvalue weighted by molar-refractivity contribution is 6.00. The summed E-state index contributed by atoms with van der Waals surface area (Å²) in [4.78, 5) is 23.5. The molecule has 5 nitrogen and oxygen atoms in total. The number of hydrogen-bond acceptors (Lipinski definition) is 3. The lowest BCUT2D eigenvalue weighted by molar-refractivity contribution is -0.137. The van der Waals surface area contributed by atoms with Crippen LogP contribution in [0.5, 0.6) is 0 Å². The molecule has 0 bridgehead atoms. The van der Waals surface area contributed by atoms with E-state index in [0.29, 0.717) is 0 Å². The molecule has 92 valence electrons. The first-order valence-electron chi connectivity index (χ1n) is 5.02. The molecular formula is C11H13FN2O3. The van der Waals surface area contributed by atoms with Crippen molar-refractivity contribution in [3.63, 3.8) is 0 Å². The Kier molecular flexibility index (Phi) is 4.03. The van der Waals surface area contributed by atoms with Crippen molar-refractivity contribution >= 4 is 17.6 Å². The van der Waals surface area contributed by atoms with Gasteiger partial charge < -0.3 is 15.7 Å². The summed E-state index contributed by atoms with van der Waals surface area (Å²) < 4.78 is 13.2. The van der Waals surface area contributed by atoms with Gasteiger partial charge >= 0.3 is 5.97 Å². The molecule has 1 rings (SSSR count). The minimum Gasteiger partial charge on any atom is -0.480 e. The highest BCUT2D eigenvalue weighted by Crippen LogP contribution is 2.17. The van der Waals surface area contributed by atoms with Gasteiger partial charge in [0.05, 0.1) is 11.3 Å². The van der Waals surface area contributed by atoms with E-state index < -0.39 is 24.2 Å². The van der Waals surface area contributed by atoms with Gasteiger partial charge in [-0.3, -0.25) is 9.59 Å². The zero-order valence-corrected chi connectivity index (χ0v) is 9.31. The van der Waals surface area contributed by atoms with E-state index >= 15 is 0 Å². The number of hydrogen-bond donors (Lipinski definition) is 2. The van der Waals surface area contributed by atoms with Crippen molar-refractivity contribution < 1.29 is 19.1 Å². The maximum atomic E-state index is 13.2. The number of benzene rings is 1. The number of carboxylic acids is 1. The summed E-state index contributed by atoms with van der Waals surface area (Å²) in [6.45, 7) is 1.41. The van der Waals surface area contributed by atoms with Crippen LogP contribution >= 0.6 is 0 Å². The lowest BCUT2D eigenvalue weighted by Gasteiger charge is -2.19. The first kappa shape index (κ1) is 13.0. The number of nitrogen functional groups attached to an aromatic ring is 1. The van der Waals surface area contributed by atoms with Gasteiger partial charge in [0.25, 0.3) is 5.91 Å². The first-order chi connectivity index (χ1) is 7.97. The average Bonchev–Trinajstić information content (AvgIpc) is 2.28.